The highest BCUT2D eigenvalue weighted by Gasteiger charge is 2.30. The van der Waals surface area contributed by atoms with Crippen molar-refractivity contribution in [2.24, 2.45) is 11.8 Å². The van der Waals surface area contributed by atoms with E-state index in [1.165, 1.54) is 24.1 Å². The van der Waals surface area contributed by atoms with Crippen LogP contribution in [0.4, 0.5) is 5.69 Å². The van der Waals surface area contributed by atoms with Crippen LogP contribution in [-0.2, 0) is 0 Å². The van der Waals surface area contributed by atoms with Crippen LogP contribution in [0.3, 0.4) is 0 Å². The summed E-state index contributed by atoms with van der Waals surface area (Å²) < 4.78 is 0. The minimum Gasteiger partial charge on any atom is -0.382 e. The van der Waals surface area contributed by atoms with E-state index in [4.69, 9.17) is 0 Å². The van der Waals surface area contributed by atoms with E-state index in [1.54, 1.807) is 0 Å². The van der Waals surface area contributed by atoms with Crippen LogP contribution in [0, 0.1) is 18.8 Å². The summed E-state index contributed by atoms with van der Waals surface area (Å²) in [5.41, 5.74) is 2.66. The Bertz CT molecular complexity index is 324. The van der Waals surface area contributed by atoms with Crippen LogP contribution in [0.15, 0.2) is 24.3 Å². The van der Waals surface area contributed by atoms with Crippen molar-refractivity contribution in [3.8, 4) is 0 Å². The topological polar surface area (TPSA) is 12.0 Å². The molecule has 1 aliphatic rings. The van der Waals surface area contributed by atoms with Gasteiger partial charge in [0.2, 0.25) is 0 Å². The number of para-hydroxylation sites is 1. The van der Waals surface area contributed by atoms with Gasteiger partial charge in [-0.3, -0.25) is 0 Å². The van der Waals surface area contributed by atoms with Gasteiger partial charge in [-0.1, -0.05) is 32.0 Å². The summed E-state index contributed by atoms with van der Waals surface area (Å²) in [6, 6.07) is 9.25. The number of anilines is 1. The molecular weight excluding hydrogens is 182 g/mol. The molecule has 0 unspecified atom stereocenters. The molecule has 0 radical (unpaired) electrons. The number of hydrogen-bond acceptors (Lipinski definition) is 1. The van der Waals surface area contributed by atoms with Crippen LogP contribution >= 0.6 is 0 Å². The maximum absolute atomic E-state index is 3.63. The number of hydrogen-bond donors (Lipinski definition) is 1. The van der Waals surface area contributed by atoms with Gasteiger partial charge in [0.1, 0.15) is 0 Å². The van der Waals surface area contributed by atoms with E-state index in [0.29, 0.717) is 6.04 Å². The first-order chi connectivity index (χ1) is 7.16. The minimum atomic E-state index is 0.707. The lowest BCUT2D eigenvalue weighted by atomic mass is 9.73. The van der Waals surface area contributed by atoms with Gasteiger partial charge in [-0.15, -0.1) is 0 Å². The minimum absolute atomic E-state index is 0.707. The third kappa shape index (κ3) is 2.34. The predicted molar refractivity (Wildman–Crippen MR) is 66.2 cm³/mol. The van der Waals surface area contributed by atoms with Crippen molar-refractivity contribution in [2.45, 2.75) is 39.7 Å². The zero-order valence-corrected chi connectivity index (χ0v) is 9.96. The molecular formula is C14H21N. The van der Waals surface area contributed by atoms with E-state index >= 15 is 0 Å². The third-order valence-electron chi connectivity index (χ3n) is 3.62. The summed E-state index contributed by atoms with van der Waals surface area (Å²) in [4.78, 5) is 0. The van der Waals surface area contributed by atoms with Crippen LogP contribution in [0.1, 0.15) is 32.3 Å². The summed E-state index contributed by atoms with van der Waals surface area (Å²) in [6.45, 7) is 6.82. The smallest absolute Gasteiger partial charge is 0.0372 e. The van der Waals surface area contributed by atoms with Crippen molar-refractivity contribution in [3.05, 3.63) is 29.8 Å². The molecule has 15 heavy (non-hydrogen) atoms. The Balaban J connectivity index is 1.88. The molecule has 2 rings (SSSR count). The van der Waals surface area contributed by atoms with Crippen molar-refractivity contribution >= 4 is 5.69 Å². The summed E-state index contributed by atoms with van der Waals surface area (Å²) >= 11 is 0. The Morgan fingerprint density at radius 1 is 1.20 bits per heavy atom. The van der Waals surface area contributed by atoms with Gasteiger partial charge in [0.25, 0.3) is 0 Å². The fraction of sp³-hybridized carbons (Fsp3) is 0.571. The van der Waals surface area contributed by atoms with Crippen LogP contribution < -0.4 is 5.32 Å². The number of benzene rings is 1. The van der Waals surface area contributed by atoms with E-state index in [-0.39, 0.29) is 0 Å². The molecule has 0 aromatic heterocycles. The highest BCUT2D eigenvalue weighted by molar-refractivity contribution is 5.51. The average molecular weight is 203 g/mol. The van der Waals surface area contributed by atoms with Gasteiger partial charge < -0.3 is 5.32 Å². The molecule has 1 aliphatic carbocycles. The Morgan fingerprint density at radius 3 is 2.47 bits per heavy atom. The molecule has 1 aromatic rings. The fourth-order valence-corrected chi connectivity index (χ4v) is 2.28. The molecule has 82 valence electrons. The largest absolute Gasteiger partial charge is 0.382 e. The molecule has 0 aliphatic heterocycles. The molecule has 1 heteroatoms. The summed E-state index contributed by atoms with van der Waals surface area (Å²) in [7, 11) is 0. The fourth-order valence-electron chi connectivity index (χ4n) is 2.28. The van der Waals surface area contributed by atoms with E-state index in [2.05, 4.69) is 50.4 Å². The summed E-state index contributed by atoms with van der Waals surface area (Å²) in [6.07, 6.45) is 2.68. The second-order valence-corrected chi connectivity index (χ2v) is 5.13. The predicted octanol–water partition coefficient (Wildman–Crippen LogP) is 3.84. The molecule has 0 amide bonds. The molecule has 0 atom stereocenters. The number of nitrogens with one attached hydrogen (secondary N) is 1. The Morgan fingerprint density at radius 2 is 1.87 bits per heavy atom. The Kier molecular flexibility index (Phi) is 2.99. The first kappa shape index (κ1) is 10.5. The maximum Gasteiger partial charge on any atom is 0.0372 e. The highest BCUT2D eigenvalue weighted by Crippen LogP contribution is 2.35. The van der Waals surface area contributed by atoms with E-state index in [0.717, 1.165) is 11.8 Å². The molecule has 0 spiro atoms. The quantitative estimate of drug-likeness (QED) is 0.787. The van der Waals surface area contributed by atoms with Crippen molar-refractivity contribution in [1.82, 2.24) is 0 Å². The van der Waals surface area contributed by atoms with Gasteiger partial charge in [0.15, 0.2) is 0 Å². The van der Waals surface area contributed by atoms with Gasteiger partial charge >= 0.3 is 0 Å². The molecule has 0 bridgehead atoms. The van der Waals surface area contributed by atoms with E-state index < -0.39 is 0 Å². The number of rotatable bonds is 3. The van der Waals surface area contributed by atoms with Crippen molar-refractivity contribution in [1.29, 1.82) is 0 Å². The van der Waals surface area contributed by atoms with Gasteiger partial charge in [0.05, 0.1) is 0 Å². The molecule has 0 saturated heterocycles. The standard InChI is InChI=1S/C14H21N/c1-10(2)12-8-13(9-12)15-14-7-5-4-6-11(14)3/h4-7,10,12-13,15H,8-9H2,1-3H3. The monoisotopic (exact) mass is 203 g/mol. The third-order valence-corrected chi connectivity index (χ3v) is 3.62. The van der Waals surface area contributed by atoms with Crippen LogP contribution in [0.25, 0.3) is 0 Å². The van der Waals surface area contributed by atoms with E-state index in [1.807, 2.05) is 0 Å². The lowest BCUT2D eigenvalue weighted by molar-refractivity contribution is 0.212. The highest BCUT2D eigenvalue weighted by atomic mass is 14.9. The Hall–Kier alpha value is -0.980. The molecule has 1 saturated carbocycles. The normalized spacial score (nSPS) is 25.1. The maximum atomic E-state index is 3.63. The lowest BCUT2D eigenvalue weighted by Gasteiger charge is -2.39. The molecule has 0 heterocycles. The summed E-state index contributed by atoms with van der Waals surface area (Å²) in [5, 5.41) is 3.63. The van der Waals surface area contributed by atoms with Crippen LogP contribution in [-0.4, -0.2) is 6.04 Å². The van der Waals surface area contributed by atoms with Crippen LogP contribution in [0.5, 0.6) is 0 Å². The van der Waals surface area contributed by atoms with E-state index in [9.17, 15) is 0 Å². The molecule has 1 fully saturated rings. The number of aryl methyl sites for hydroxylation is 1. The Labute approximate surface area is 92.9 Å². The SMILES string of the molecule is Cc1ccccc1NC1CC(C(C)C)C1. The van der Waals surface area contributed by atoms with Gasteiger partial charge in [0, 0.05) is 11.7 Å². The van der Waals surface area contributed by atoms with Crippen molar-refractivity contribution < 1.29 is 0 Å². The van der Waals surface area contributed by atoms with Gasteiger partial charge in [-0.2, -0.15) is 0 Å². The zero-order valence-electron chi connectivity index (χ0n) is 9.96. The second-order valence-electron chi connectivity index (χ2n) is 5.13. The van der Waals surface area contributed by atoms with Crippen molar-refractivity contribution in [3.63, 3.8) is 0 Å². The van der Waals surface area contributed by atoms with Gasteiger partial charge in [-0.25, -0.2) is 0 Å². The molecule has 1 N–H and O–H groups in total. The zero-order chi connectivity index (χ0) is 10.8. The van der Waals surface area contributed by atoms with Crippen LogP contribution in [0.2, 0.25) is 0 Å². The second kappa shape index (κ2) is 4.26. The average Bonchev–Trinajstić information content (AvgIpc) is 2.12. The van der Waals surface area contributed by atoms with Crippen molar-refractivity contribution in [2.75, 3.05) is 5.32 Å². The first-order valence-corrected chi connectivity index (χ1v) is 5.99. The summed E-state index contributed by atoms with van der Waals surface area (Å²) in [5.74, 6) is 1.78. The lowest BCUT2D eigenvalue weighted by Crippen LogP contribution is -2.38. The first-order valence-electron chi connectivity index (χ1n) is 5.99. The molecule has 1 aromatic carbocycles. The molecule has 1 nitrogen and oxygen atoms in total. The van der Waals surface area contributed by atoms with Gasteiger partial charge in [-0.05, 0) is 43.2 Å².